The molecule has 0 aliphatic heterocycles. The van der Waals surface area contributed by atoms with Gasteiger partial charge in [0, 0.05) is 36.8 Å². The fourth-order valence-corrected chi connectivity index (χ4v) is 1.95. The largest absolute Gasteiger partial charge is 0.338 e. The fraction of sp³-hybridized carbons (Fsp3) is 0.286. The van der Waals surface area contributed by atoms with Crippen LogP contribution in [0.2, 0.25) is 0 Å². The van der Waals surface area contributed by atoms with E-state index in [1.807, 2.05) is 37.3 Å². The Kier molecular flexibility index (Phi) is 3.89. The van der Waals surface area contributed by atoms with Crippen molar-refractivity contribution in [3.63, 3.8) is 0 Å². The monoisotopic (exact) mass is 243 g/mol. The SMILES string of the molecule is CCN(CCN)C(=O)c1ccc2ncccc2c1. The van der Waals surface area contributed by atoms with Crippen LogP contribution in [0.15, 0.2) is 36.5 Å². The van der Waals surface area contributed by atoms with Gasteiger partial charge in [-0.15, -0.1) is 0 Å². The Morgan fingerprint density at radius 2 is 2.22 bits per heavy atom. The highest BCUT2D eigenvalue weighted by Crippen LogP contribution is 2.14. The minimum Gasteiger partial charge on any atom is -0.338 e. The number of nitrogens with two attached hydrogens (primary N) is 1. The molecule has 1 aromatic heterocycles. The summed E-state index contributed by atoms with van der Waals surface area (Å²) in [6.07, 6.45) is 1.75. The van der Waals surface area contributed by atoms with Gasteiger partial charge >= 0.3 is 0 Å². The van der Waals surface area contributed by atoms with E-state index in [2.05, 4.69) is 4.98 Å². The van der Waals surface area contributed by atoms with Crippen molar-refractivity contribution in [2.45, 2.75) is 6.92 Å². The molecule has 0 radical (unpaired) electrons. The van der Waals surface area contributed by atoms with Gasteiger partial charge in [0.25, 0.3) is 5.91 Å². The number of rotatable bonds is 4. The number of amides is 1. The van der Waals surface area contributed by atoms with Gasteiger partial charge in [-0.1, -0.05) is 6.07 Å². The molecule has 0 aliphatic rings. The molecule has 0 saturated carbocycles. The van der Waals surface area contributed by atoms with Gasteiger partial charge in [-0.05, 0) is 31.2 Å². The van der Waals surface area contributed by atoms with E-state index in [1.54, 1.807) is 11.1 Å². The van der Waals surface area contributed by atoms with Gasteiger partial charge < -0.3 is 10.6 Å². The average Bonchev–Trinajstić information content (AvgIpc) is 2.43. The zero-order valence-electron chi connectivity index (χ0n) is 10.5. The molecule has 1 amide bonds. The smallest absolute Gasteiger partial charge is 0.253 e. The Bertz CT molecular complexity index is 553. The zero-order valence-corrected chi connectivity index (χ0v) is 10.5. The molecule has 2 aromatic rings. The Labute approximate surface area is 106 Å². The standard InChI is InChI=1S/C14H17N3O/c1-2-17(9-7-15)14(18)12-5-6-13-11(10-12)4-3-8-16-13/h3-6,8,10H,2,7,9,15H2,1H3. The molecule has 0 bridgehead atoms. The summed E-state index contributed by atoms with van der Waals surface area (Å²) in [4.78, 5) is 18.2. The van der Waals surface area contributed by atoms with Crippen LogP contribution in [0, 0.1) is 0 Å². The first-order valence-corrected chi connectivity index (χ1v) is 6.10. The highest BCUT2D eigenvalue weighted by molar-refractivity contribution is 5.97. The van der Waals surface area contributed by atoms with Crippen molar-refractivity contribution in [2.75, 3.05) is 19.6 Å². The number of carbonyl (C=O) groups is 1. The van der Waals surface area contributed by atoms with E-state index >= 15 is 0 Å². The summed E-state index contributed by atoms with van der Waals surface area (Å²) >= 11 is 0. The van der Waals surface area contributed by atoms with Gasteiger partial charge in [0.1, 0.15) is 0 Å². The number of hydrogen-bond acceptors (Lipinski definition) is 3. The van der Waals surface area contributed by atoms with Gasteiger partial charge in [0.05, 0.1) is 5.52 Å². The lowest BCUT2D eigenvalue weighted by Gasteiger charge is -2.20. The van der Waals surface area contributed by atoms with Crippen LogP contribution < -0.4 is 5.73 Å². The summed E-state index contributed by atoms with van der Waals surface area (Å²) < 4.78 is 0. The van der Waals surface area contributed by atoms with Gasteiger partial charge in [-0.3, -0.25) is 9.78 Å². The number of nitrogens with zero attached hydrogens (tertiary/aromatic N) is 2. The molecule has 0 saturated heterocycles. The molecule has 94 valence electrons. The molecule has 0 spiro atoms. The molecular formula is C14H17N3O. The van der Waals surface area contributed by atoms with Gasteiger partial charge in [0.2, 0.25) is 0 Å². The van der Waals surface area contributed by atoms with Gasteiger partial charge in [-0.25, -0.2) is 0 Å². The summed E-state index contributed by atoms with van der Waals surface area (Å²) in [5.74, 6) is 0.0219. The summed E-state index contributed by atoms with van der Waals surface area (Å²) in [6, 6.07) is 9.39. The van der Waals surface area contributed by atoms with E-state index in [1.165, 1.54) is 0 Å². The van der Waals surface area contributed by atoms with Gasteiger partial charge in [-0.2, -0.15) is 0 Å². The van der Waals surface area contributed by atoms with E-state index < -0.39 is 0 Å². The summed E-state index contributed by atoms with van der Waals surface area (Å²) in [5, 5.41) is 0.979. The van der Waals surface area contributed by atoms with Crippen molar-refractivity contribution in [1.82, 2.24) is 9.88 Å². The lowest BCUT2D eigenvalue weighted by atomic mass is 10.1. The minimum absolute atomic E-state index is 0.0219. The number of likely N-dealkylation sites (N-methyl/N-ethyl adjacent to an activating group) is 1. The molecule has 0 fully saturated rings. The third kappa shape index (κ3) is 2.49. The quantitative estimate of drug-likeness (QED) is 0.888. The number of aromatic nitrogens is 1. The molecule has 1 aromatic carbocycles. The molecule has 1 heterocycles. The first-order chi connectivity index (χ1) is 8.76. The second kappa shape index (κ2) is 5.60. The topological polar surface area (TPSA) is 59.2 Å². The zero-order chi connectivity index (χ0) is 13.0. The van der Waals surface area contributed by atoms with E-state index in [0.29, 0.717) is 25.2 Å². The molecule has 18 heavy (non-hydrogen) atoms. The number of fused-ring (bicyclic) bond motifs is 1. The third-order valence-corrected chi connectivity index (χ3v) is 2.92. The Morgan fingerprint density at radius 3 is 2.94 bits per heavy atom. The van der Waals surface area contributed by atoms with Crippen molar-refractivity contribution in [1.29, 1.82) is 0 Å². The molecule has 2 rings (SSSR count). The maximum absolute atomic E-state index is 12.3. The van der Waals surface area contributed by atoms with Crippen LogP contribution >= 0.6 is 0 Å². The van der Waals surface area contributed by atoms with Crippen molar-refractivity contribution in [2.24, 2.45) is 5.73 Å². The van der Waals surface area contributed by atoms with E-state index in [9.17, 15) is 4.79 Å². The predicted octanol–water partition coefficient (Wildman–Crippen LogP) is 1.66. The van der Waals surface area contributed by atoms with Crippen LogP contribution in [0.5, 0.6) is 0 Å². The van der Waals surface area contributed by atoms with Crippen molar-refractivity contribution < 1.29 is 4.79 Å². The normalized spacial score (nSPS) is 10.6. The molecule has 2 N–H and O–H groups in total. The number of benzene rings is 1. The van der Waals surface area contributed by atoms with E-state index in [-0.39, 0.29) is 5.91 Å². The number of hydrogen-bond donors (Lipinski definition) is 1. The Balaban J connectivity index is 2.32. The molecule has 0 unspecified atom stereocenters. The molecule has 0 atom stereocenters. The summed E-state index contributed by atoms with van der Waals surface area (Å²) in [5.41, 5.74) is 7.09. The van der Waals surface area contributed by atoms with E-state index in [0.717, 1.165) is 10.9 Å². The van der Waals surface area contributed by atoms with Crippen molar-refractivity contribution in [3.8, 4) is 0 Å². The number of carbonyl (C=O) groups excluding carboxylic acids is 1. The molecule has 0 aliphatic carbocycles. The van der Waals surface area contributed by atoms with Crippen molar-refractivity contribution >= 4 is 16.8 Å². The summed E-state index contributed by atoms with van der Waals surface area (Å²) in [7, 11) is 0. The minimum atomic E-state index is 0.0219. The van der Waals surface area contributed by atoms with Crippen LogP contribution in [0.1, 0.15) is 17.3 Å². The lowest BCUT2D eigenvalue weighted by molar-refractivity contribution is 0.0769. The maximum atomic E-state index is 12.3. The fourth-order valence-electron chi connectivity index (χ4n) is 1.95. The Morgan fingerprint density at radius 1 is 1.39 bits per heavy atom. The molecule has 4 heteroatoms. The summed E-state index contributed by atoms with van der Waals surface area (Å²) in [6.45, 7) is 3.69. The maximum Gasteiger partial charge on any atom is 0.253 e. The van der Waals surface area contributed by atoms with Gasteiger partial charge in [0.15, 0.2) is 0 Å². The average molecular weight is 243 g/mol. The highest BCUT2D eigenvalue weighted by Gasteiger charge is 2.13. The second-order valence-corrected chi connectivity index (χ2v) is 4.08. The highest BCUT2D eigenvalue weighted by atomic mass is 16.2. The van der Waals surface area contributed by atoms with Crippen LogP contribution in [0.25, 0.3) is 10.9 Å². The first kappa shape index (κ1) is 12.5. The van der Waals surface area contributed by atoms with Crippen LogP contribution in [-0.4, -0.2) is 35.4 Å². The third-order valence-electron chi connectivity index (χ3n) is 2.92. The number of pyridine rings is 1. The van der Waals surface area contributed by atoms with Crippen LogP contribution in [-0.2, 0) is 0 Å². The molecular weight excluding hydrogens is 226 g/mol. The van der Waals surface area contributed by atoms with Crippen LogP contribution in [0.3, 0.4) is 0 Å². The first-order valence-electron chi connectivity index (χ1n) is 6.10. The van der Waals surface area contributed by atoms with Crippen molar-refractivity contribution in [3.05, 3.63) is 42.1 Å². The van der Waals surface area contributed by atoms with E-state index in [4.69, 9.17) is 5.73 Å². The molecule has 4 nitrogen and oxygen atoms in total. The van der Waals surface area contributed by atoms with Crippen LogP contribution in [0.4, 0.5) is 0 Å². The Hall–Kier alpha value is -1.94. The predicted molar refractivity (Wildman–Crippen MR) is 72.4 cm³/mol. The lowest BCUT2D eigenvalue weighted by Crippen LogP contribution is -2.35. The second-order valence-electron chi connectivity index (χ2n) is 4.08.